The minimum Gasteiger partial charge on any atom is -0.478 e. The van der Waals surface area contributed by atoms with E-state index in [0.29, 0.717) is 6.42 Å². The van der Waals surface area contributed by atoms with E-state index in [-0.39, 0.29) is 24.1 Å². The minimum atomic E-state index is -0.944. The van der Waals surface area contributed by atoms with Crippen LogP contribution >= 0.6 is 0 Å². The number of hydrogen-bond acceptors (Lipinski definition) is 3. The average Bonchev–Trinajstić information content (AvgIpc) is 2.77. The number of hydrogen-bond donors (Lipinski definition) is 2. The fourth-order valence-electron chi connectivity index (χ4n) is 2.43. The standard InChI is InChI=1S/C15H20N2O3/c1-9(2)14-16-12-5-4-11(15(19)20)8-13(12)17(14)10(3)6-7-18/h4-5,8-10,18H,6-7H2,1-3H3,(H,19,20). The van der Waals surface area contributed by atoms with Crippen molar-refractivity contribution in [2.75, 3.05) is 6.61 Å². The molecule has 0 aliphatic carbocycles. The molecule has 5 heteroatoms. The van der Waals surface area contributed by atoms with Gasteiger partial charge in [0.25, 0.3) is 0 Å². The highest BCUT2D eigenvalue weighted by Crippen LogP contribution is 2.28. The summed E-state index contributed by atoms with van der Waals surface area (Å²) in [6, 6.07) is 5.05. The molecule has 0 amide bonds. The van der Waals surface area contributed by atoms with E-state index in [4.69, 9.17) is 10.2 Å². The van der Waals surface area contributed by atoms with Gasteiger partial charge in [-0.05, 0) is 31.5 Å². The number of rotatable bonds is 5. The van der Waals surface area contributed by atoms with Crippen LogP contribution in [0.4, 0.5) is 0 Å². The Morgan fingerprint density at radius 2 is 2.05 bits per heavy atom. The summed E-state index contributed by atoms with van der Waals surface area (Å²) in [5, 5.41) is 18.3. The molecule has 0 saturated carbocycles. The van der Waals surface area contributed by atoms with E-state index in [0.717, 1.165) is 16.9 Å². The van der Waals surface area contributed by atoms with E-state index in [1.54, 1.807) is 18.2 Å². The first kappa shape index (κ1) is 14.5. The number of aliphatic hydroxyl groups excluding tert-OH is 1. The van der Waals surface area contributed by atoms with Gasteiger partial charge in [0.1, 0.15) is 5.82 Å². The molecule has 1 atom stereocenters. The van der Waals surface area contributed by atoms with Crippen LogP contribution in [-0.2, 0) is 0 Å². The van der Waals surface area contributed by atoms with Crippen molar-refractivity contribution in [3.8, 4) is 0 Å². The number of carboxylic acids is 1. The molecule has 1 unspecified atom stereocenters. The summed E-state index contributed by atoms with van der Waals surface area (Å²) in [5.41, 5.74) is 1.86. The van der Waals surface area contributed by atoms with Gasteiger partial charge in [-0.25, -0.2) is 9.78 Å². The van der Waals surface area contributed by atoms with Crippen molar-refractivity contribution >= 4 is 17.0 Å². The molecule has 0 saturated heterocycles. The first-order chi connectivity index (χ1) is 9.45. The molecule has 0 bridgehead atoms. The summed E-state index contributed by atoms with van der Waals surface area (Å²) in [6.45, 7) is 6.22. The Morgan fingerprint density at radius 1 is 1.35 bits per heavy atom. The van der Waals surface area contributed by atoms with Crippen LogP contribution in [0.25, 0.3) is 11.0 Å². The second-order valence-corrected chi connectivity index (χ2v) is 5.36. The van der Waals surface area contributed by atoms with Gasteiger partial charge < -0.3 is 14.8 Å². The highest BCUT2D eigenvalue weighted by molar-refractivity contribution is 5.92. The van der Waals surface area contributed by atoms with Gasteiger partial charge in [-0.2, -0.15) is 0 Å². The maximum Gasteiger partial charge on any atom is 0.335 e. The normalized spacial score (nSPS) is 13.1. The number of carbonyl (C=O) groups is 1. The maximum absolute atomic E-state index is 11.1. The van der Waals surface area contributed by atoms with E-state index in [1.165, 1.54) is 0 Å². The largest absolute Gasteiger partial charge is 0.478 e. The number of aliphatic hydroxyl groups is 1. The predicted molar refractivity (Wildman–Crippen MR) is 77.2 cm³/mol. The lowest BCUT2D eigenvalue weighted by molar-refractivity contribution is 0.0697. The Kier molecular flexibility index (Phi) is 4.09. The van der Waals surface area contributed by atoms with Gasteiger partial charge in [0, 0.05) is 18.6 Å². The van der Waals surface area contributed by atoms with Gasteiger partial charge in [0.15, 0.2) is 0 Å². The zero-order chi connectivity index (χ0) is 14.9. The van der Waals surface area contributed by atoms with Gasteiger partial charge in [-0.1, -0.05) is 13.8 Å². The molecule has 0 fully saturated rings. The van der Waals surface area contributed by atoms with Crippen LogP contribution in [0.1, 0.15) is 55.3 Å². The quantitative estimate of drug-likeness (QED) is 0.880. The first-order valence-corrected chi connectivity index (χ1v) is 6.81. The lowest BCUT2D eigenvalue weighted by Gasteiger charge is -2.18. The van der Waals surface area contributed by atoms with Crippen molar-refractivity contribution in [2.24, 2.45) is 0 Å². The Balaban J connectivity index is 2.67. The molecule has 5 nitrogen and oxygen atoms in total. The van der Waals surface area contributed by atoms with Crippen LogP contribution in [-0.4, -0.2) is 32.3 Å². The Bertz CT molecular complexity index is 631. The van der Waals surface area contributed by atoms with Crippen LogP contribution in [0.3, 0.4) is 0 Å². The summed E-state index contributed by atoms with van der Waals surface area (Å²) in [6.07, 6.45) is 0.614. The monoisotopic (exact) mass is 276 g/mol. The van der Waals surface area contributed by atoms with Gasteiger partial charge >= 0.3 is 5.97 Å². The van der Waals surface area contributed by atoms with Crippen molar-refractivity contribution in [3.63, 3.8) is 0 Å². The van der Waals surface area contributed by atoms with Gasteiger partial charge in [-0.3, -0.25) is 0 Å². The van der Waals surface area contributed by atoms with Crippen molar-refractivity contribution in [1.82, 2.24) is 9.55 Å². The van der Waals surface area contributed by atoms with Gasteiger partial charge in [-0.15, -0.1) is 0 Å². The molecular weight excluding hydrogens is 256 g/mol. The van der Waals surface area contributed by atoms with Crippen LogP contribution < -0.4 is 0 Å². The summed E-state index contributed by atoms with van der Waals surface area (Å²) >= 11 is 0. The van der Waals surface area contributed by atoms with Gasteiger partial charge in [0.2, 0.25) is 0 Å². The molecule has 1 aromatic heterocycles. The van der Waals surface area contributed by atoms with E-state index in [2.05, 4.69) is 18.8 Å². The number of carboxylic acid groups (broad SMARTS) is 1. The number of benzene rings is 1. The van der Waals surface area contributed by atoms with Crippen LogP contribution in [0.5, 0.6) is 0 Å². The smallest absolute Gasteiger partial charge is 0.335 e. The Hall–Kier alpha value is -1.88. The average molecular weight is 276 g/mol. The molecule has 2 aromatic rings. The summed E-state index contributed by atoms with van der Waals surface area (Å²) in [5.74, 6) is 0.209. The van der Waals surface area contributed by atoms with E-state index in [9.17, 15) is 4.79 Å². The van der Waals surface area contributed by atoms with Crippen molar-refractivity contribution in [2.45, 2.75) is 39.2 Å². The Morgan fingerprint density at radius 3 is 2.60 bits per heavy atom. The zero-order valence-electron chi connectivity index (χ0n) is 12.0. The van der Waals surface area contributed by atoms with Gasteiger partial charge in [0.05, 0.1) is 16.6 Å². The summed E-state index contributed by atoms with van der Waals surface area (Å²) in [7, 11) is 0. The maximum atomic E-state index is 11.1. The highest BCUT2D eigenvalue weighted by Gasteiger charge is 2.19. The molecule has 20 heavy (non-hydrogen) atoms. The number of fused-ring (bicyclic) bond motifs is 1. The zero-order valence-corrected chi connectivity index (χ0v) is 12.0. The van der Waals surface area contributed by atoms with E-state index >= 15 is 0 Å². The molecule has 1 heterocycles. The second-order valence-electron chi connectivity index (χ2n) is 5.36. The fraction of sp³-hybridized carbons (Fsp3) is 0.467. The molecule has 0 radical (unpaired) electrons. The molecule has 0 spiro atoms. The van der Waals surface area contributed by atoms with Crippen molar-refractivity contribution in [3.05, 3.63) is 29.6 Å². The third kappa shape index (κ3) is 2.54. The number of aromatic nitrogens is 2. The van der Waals surface area contributed by atoms with Crippen LogP contribution in [0.2, 0.25) is 0 Å². The molecule has 0 aliphatic heterocycles. The van der Waals surface area contributed by atoms with E-state index < -0.39 is 5.97 Å². The van der Waals surface area contributed by atoms with E-state index in [1.807, 2.05) is 11.5 Å². The lowest BCUT2D eigenvalue weighted by Crippen LogP contribution is -2.12. The first-order valence-electron chi connectivity index (χ1n) is 6.81. The molecular formula is C15H20N2O3. The lowest BCUT2D eigenvalue weighted by atomic mass is 10.1. The fourth-order valence-corrected chi connectivity index (χ4v) is 2.43. The second kappa shape index (κ2) is 5.63. The summed E-state index contributed by atoms with van der Waals surface area (Å²) < 4.78 is 2.04. The number of aromatic carboxylic acids is 1. The third-order valence-electron chi connectivity index (χ3n) is 3.47. The third-order valence-corrected chi connectivity index (χ3v) is 3.47. The number of nitrogens with zero attached hydrogens (tertiary/aromatic N) is 2. The molecule has 108 valence electrons. The van der Waals surface area contributed by atoms with Crippen LogP contribution in [0.15, 0.2) is 18.2 Å². The summed E-state index contributed by atoms with van der Waals surface area (Å²) in [4.78, 5) is 15.7. The van der Waals surface area contributed by atoms with Crippen LogP contribution in [0, 0.1) is 0 Å². The topological polar surface area (TPSA) is 75.3 Å². The van der Waals surface area contributed by atoms with Crippen molar-refractivity contribution < 1.29 is 15.0 Å². The molecule has 2 N–H and O–H groups in total. The molecule has 0 aliphatic rings. The van der Waals surface area contributed by atoms with Crippen molar-refractivity contribution in [1.29, 1.82) is 0 Å². The molecule has 1 aromatic carbocycles. The minimum absolute atomic E-state index is 0.0754. The molecule has 2 rings (SSSR count). The SMILES string of the molecule is CC(C)c1nc2ccc(C(=O)O)cc2n1C(C)CCO. The number of imidazole rings is 1. The Labute approximate surface area is 117 Å². The highest BCUT2D eigenvalue weighted by atomic mass is 16.4. The predicted octanol–water partition coefficient (Wildman–Crippen LogP) is 2.80.